The molecule has 0 radical (unpaired) electrons. The van der Waals surface area contributed by atoms with Crippen LogP contribution in [-0.4, -0.2) is 9.55 Å². The molecule has 1 aliphatic carbocycles. The molecule has 3 heterocycles. The summed E-state index contributed by atoms with van der Waals surface area (Å²) < 4.78 is 7.70. The van der Waals surface area contributed by atoms with Gasteiger partial charge in [-0.05, 0) is 48.6 Å². The van der Waals surface area contributed by atoms with E-state index >= 15 is 0 Å². The fourth-order valence-corrected chi connectivity index (χ4v) is 5.21. The predicted molar refractivity (Wildman–Crippen MR) is 105 cm³/mol. The van der Waals surface area contributed by atoms with Crippen LogP contribution in [0.1, 0.15) is 22.4 Å². The molecule has 0 spiro atoms. The van der Waals surface area contributed by atoms with Gasteiger partial charge < -0.3 is 4.42 Å². The van der Waals surface area contributed by atoms with E-state index in [1.807, 2.05) is 12.1 Å². The molecule has 0 N–H and O–H groups in total. The molecule has 130 valence electrons. The van der Waals surface area contributed by atoms with E-state index in [0.29, 0.717) is 5.58 Å². The summed E-state index contributed by atoms with van der Waals surface area (Å²) in [7, 11) is 0. The van der Waals surface area contributed by atoms with E-state index in [4.69, 9.17) is 4.42 Å². The summed E-state index contributed by atoms with van der Waals surface area (Å²) in [6.07, 6.45) is 4.66. The molecule has 0 saturated carbocycles. The highest BCUT2D eigenvalue weighted by molar-refractivity contribution is 9.10. The Balaban J connectivity index is 1.69. The van der Waals surface area contributed by atoms with Crippen LogP contribution in [0.15, 0.2) is 49.1 Å². The normalized spacial score (nSPS) is 13.6. The van der Waals surface area contributed by atoms with Crippen LogP contribution < -0.4 is 11.2 Å². The van der Waals surface area contributed by atoms with Gasteiger partial charge in [-0.2, -0.15) is 0 Å². The zero-order chi connectivity index (χ0) is 17.8. The van der Waals surface area contributed by atoms with Crippen molar-refractivity contribution < 1.29 is 4.42 Å². The molecule has 0 fully saturated rings. The first kappa shape index (κ1) is 16.0. The Morgan fingerprint density at radius 1 is 1.23 bits per heavy atom. The van der Waals surface area contributed by atoms with Crippen molar-refractivity contribution in [1.82, 2.24) is 9.55 Å². The third kappa shape index (κ3) is 2.46. The number of rotatable bonds is 2. The van der Waals surface area contributed by atoms with Crippen LogP contribution in [0.2, 0.25) is 0 Å². The topological polar surface area (TPSA) is 65.1 Å². The molecular weight excluding hydrogens is 416 g/mol. The summed E-state index contributed by atoms with van der Waals surface area (Å²) in [4.78, 5) is 31.6. The summed E-state index contributed by atoms with van der Waals surface area (Å²) in [5.41, 5.74) is 1.95. The smallest absolute Gasteiger partial charge is 0.336 e. The van der Waals surface area contributed by atoms with Crippen molar-refractivity contribution in [3.8, 4) is 0 Å². The number of hydrogen-bond acceptors (Lipinski definition) is 5. The van der Waals surface area contributed by atoms with Crippen LogP contribution in [0.5, 0.6) is 0 Å². The Labute approximate surface area is 160 Å². The first-order valence-corrected chi connectivity index (χ1v) is 9.93. The van der Waals surface area contributed by atoms with Crippen LogP contribution in [0.3, 0.4) is 0 Å². The molecule has 0 unspecified atom stereocenters. The van der Waals surface area contributed by atoms with Crippen molar-refractivity contribution in [3.05, 3.63) is 71.8 Å². The molecule has 5 nitrogen and oxygen atoms in total. The predicted octanol–water partition coefficient (Wildman–Crippen LogP) is 3.86. The molecule has 4 aromatic rings. The Morgan fingerprint density at radius 2 is 2.12 bits per heavy atom. The molecule has 0 aliphatic heterocycles. The minimum Gasteiger partial charge on any atom is -0.423 e. The fraction of sp³-hybridized carbons (Fsp3) is 0.211. The van der Waals surface area contributed by atoms with Gasteiger partial charge in [0, 0.05) is 20.8 Å². The van der Waals surface area contributed by atoms with Crippen molar-refractivity contribution in [3.63, 3.8) is 0 Å². The summed E-state index contributed by atoms with van der Waals surface area (Å²) in [5, 5.41) is 1.57. The molecule has 0 bridgehead atoms. The average molecular weight is 429 g/mol. The lowest BCUT2D eigenvalue weighted by Crippen LogP contribution is -2.22. The van der Waals surface area contributed by atoms with Gasteiger partial charge in [0.1, 0.15) is 10.4 Å². The Bertz CT molecular complexity index is 1300. The van der Waals surface area contributed by atoms with Crippen LogP contribution in [-0.2, 0) is 19.4 Å². The van der Waals surface area contributed by atoms with E-state index < -0.39 is 5.63 Å². The van der Waals surface area contributed by atoms with Gasteiger partial charge in [0.2, 0.25) is 0 Å². The Morgan fingerprint density at radius 3 is 3.00 bits per heavy atom. The number of thiophene rings is 1. The number of nitrogens with zero attached hydrogens (tertiary/aromatic N) is 2. The molecule has 5 rings (SSSR count). The lowest BCUT2D eigenvalue weighted by molar-refractivity contribution is 0.557. The van der Waals surface area contributed by atoms with Gasteiger partial charge in [0.15, 0.2) is 0 Å². The van der Waals surface area contributed by atoms with E-state index in [2.05, 4.69) is 20.9 Å². The maximum absolute atomic E-state index is 13.0. The van der Waals surface area contributed by atoms with E-state index in [1.165, 1.54) is 16.5 Å². The van der Waals surface area contributed by atoms with Gasteiger partial charge >= 0.3 is 5.63 Å². The standard InChI is InChI=1S/C19H13BrN2O3S/c20-11-4-5-12-10(6-16(23)25-14(12)7-11)8-22-9-21-18-17(19(22)24)13-2-1-3-15(13)26-18/h4-7,9H,1-3,8H2. The first-order valence-electron chi connectivity index (χ1n) is 8.32. The minimum absolute atomic E-state index is 0.0343. The number of fused-ring (bicyclic) bond motifs is 4. The van der Waals surface area contributed by atoms with Gasteiger partial charge in [-0.1, -0.05) is 15.9 Å². The van der Waals surface area contributed by atoms with E-state index in [9.17, 15) is 9.59 Å². The van der Waals surface area contributed by atoms with E-state index in [1.54, 1.807) is 28.3 Å². The van der Waals surface area contributed by atoms with Crippen LogP contribution >= 0.6 is 27.3 Å². The van der Waals surface area contributed by atoms with Gasteiger partial charge in [-0.15, -0.1) is 11.3 Å². The number of aryl methyl sites for hydroxylation is 2. The molecule has 0 saturated heterocycles. The molecule has 1 aromatic carbocycles. The first-order chi connectivity index (χ1) is 12.6. The highest BCUT2D eigenvalue weighted by Gasteiger charge is 2.21. The molecule has 7 heteroatoms. The molecule has 3 aromatic heterocycles. The molecule has 1 aliphatic rings. The van der Waals surface area contributed by atoms with Crippen LogP contribution in [0.4, 0.5) is 0 Å². The van der Waals surface area contributed by atoms with E-state index in [0.717, 1.165) is 44.9 Å². The van der Waals surface area contributed by atoms with Gasteiger partial charge in [-0.25, -0.2) is 9.78 Å². The quantitative estimate of drug-likeness (QED) is 0.454. The second-order valence-electron chi connectivity index (χ2n) is 6.45. The van der Waals surface area contributed by atoms with Crippen molar-refractivity contribution in [1.29, 1.82) is 0 Å². The number of halogens is 1. The monoisotopic (exact) mass is 428 g/mol. The maximum atomic E-state index is 13.0. The van der Waals surface area contributed by atoms with Gasteiger partial charge in [-0.3, -0.25) is 9.36 Å². The summed E-state index contributed by atoms with van der Waals surface area (Å²) in [5.74, 6) is 0. The fourth-order valence-electron chi connectivity index (χ4n) is 3.65. The zero-order valence-corrected chi connectivity index (χ0v) is 16.0. The summed E-state index contributed by atoms with van der Waals surface area (Å²) >= 11 is 5.01. The van der Waals surface area contributed by atoms with Crippen LogP contribution in [0, 0.1) is 0 Å². The molecule has 0 amide bonds. The average Bonchev–Trinajstić information content (AvgIpc) is 3.17. The van der Waals surface area contributed by atoms with Crippen molar-refractivity contribution in [2.24, 2.45) is 0 Å². The zero-order valence-electron chi connectivity index (χ0n) is 13.6. The van der Waals surface area contributed by atoms with Gasteiger partial charge in [0.05, 0.1) is 18.3 Å². The summed E-state index contributed by atoms with van der Waals surface area (Å²) in [6, 6.07) is 6.99. The Hall–Kier alpha value is -2.25. The lowest BCUT2D eigenvalue weighted by atomic mass is 10.1. The Kier molecular flexibility index (Phi) is 3.62. The van der Waals surface area contributed by atoms with Crippen molar-refractivity contribution in [2.45, 2.75) is 25.8 Å². The lowest BCUT2D eigenvalue weighted by Gasteiger charge is -2.08. The SMILES string of the molecule is O=c1cc(Cn2cnc3sc4c(c3c2=O)CCC4)c2ccc(Br)cc2o1. The molecule has 26 heavy (non-hydrogen) atoms. The van der Waals surface area contributed by atoms with Crippen molar-refractivity contribution in [2.75, 3.05) is 0 Å². The van der Waals surface area contributed by atoms with Gasteiger partial charge in [0.25, 0.3) is 5.56 Å². The summed E-state index contributed by atoms with van der Waals surface area (Å²) in [6.45, 7) is 0.288. The highest BCUT2D eigenvalue weighted by Crippen LogP contribution is 2.34. The van der Waals surface area contributed by atoms with E-state index in [-0.39, 0.29) is 12.1 Å². The minimum atomic E-state index is -0.427. The van der Waals surface area contributed by atoms with Crippen LogP contribution in [0.25, 0.3) is 21.2 Å². The largest absolute Gasteiger partial charge is 0.423 e. The number of aromatic nitrogens is 2. The third-order valence-corrected chi connectivity index (χ3v) is 6.52. The number of benzene rings is 1. The molecular formula is C19H13BrN2O3S. The molecule has 0 atom stereocenters. The number of hydrogen-bond donors (Lipinski definition) is 0. The third-order valence-electron chi connectivity index (χ3n) is 4.82. The maximum Gasteiger partial charge on any atom is 0.336 e. The second-order valence-corrected chi connectivity index (χ2v) is 8.45. The highest BCUT2D eigenvalue weighted by atomic mass is 79.9. The second kappa shape index (κ2) is 5.89. The van der Waals surface area contributed by atoms with Crippen molar-refractivity contribution >= 4 is 48.5 Å².